The molecule has 0 aliphatic rings. The Kier molecular flexibility index (Phi) is 3.30. The van der Waals surface area contributed by atoms with Crippen LogP contribution in [0.3, 0.4) is 0 Å². The number of nitrogens with one attached hydrogen (secondary N) is 1. The summed E-state index contributed by atoms with van der Waals surface area (Å²) in [5.74, 6) is -0.209. The van der Waals surface area contributed by atoms with Crippen molar-refractivity contribution in [2.75, 3.05) is 0 Å². The molecule has 0 radical (unpaired) electrons. The summed E-state index contributed by atoms with van der Waals surface area (Å²) >= 11 is 5.54. The molecule has 1 aromatic rings. The summed E-state index contributed by atoms with van der Waals surface area (Å²) in [6, 6.07) is 3.97. The fraction of sp³-hybridized carbons (Fsp3) is 0.222. The molecule has 14 heavy (non-hydrogen) atoms. The zero-order valence-electron chi connectivity index (χ0n) is 7.55. The molecular formula is C9H10ClFN2O. The molecule has 0 amide bonds. The number of amidine groups is 1. The molecule has 0 aliphatic carbocycles. The summed E-state index contributed by atoms with van der Waals surface area (Å²) in [6.45, 7) is 1.62. The maximum Gasteiger partial charge on any atom is 0.152 e. The Morgan fingerprint density at radius 1 is 1.64 bits per heavy atom. The molecule has 0 saturated carbocycles. The third-order valence-electron chi connectivity index (χ3n) is 1.64. The van der Waals surface area contributed by atoms with E-state index in [1.807, 2.05) is 0 Å². The van der Waals surface area contributed by atoms with Crippen LogP contribution in [0, 0.1) is 11.2 Å². The van der Waals surface area contributed by atoms with Crippen LogP contribution in [0.4, 0.5) is 4.39 Å². The molecule has 76 valence electrons. The van der Waals surface area contributed by atoms with Crippen LogP contribution >= 0.6 is 11.6 Å². The number of benzene rings is 1. The maximum atomic E-state index is 12.7. The van der Waals surface area contributed by atoms with Crippen LogP contribution in [0.5, 0.6) is 5.75 Å². The van der Waals surface area contributed by atoms with E-state index in [2.05, 4.69) is 0 Å². The van der Waals surface area contributed by atoms with Crippen LogP contribution in [-0.2, 0) is 0 Å². The van der Waals surface area contributed by atoms with Gasteiger partial charge in [-0.2, -0.15) is 0 Å². The Labute approximate surface area is 86.1 Å². The number of halogens is 2. The van der Waals surface area contributed by atoms with Gasteiger partial charge in [-0.15, -0.1) is 0 Å². The number of hydrogen-bond donors (Lipinski definition) is 2. The summed E-state index contributed by atoms with van der Waals surface area (Å²) in [7, 11) is 0. The topological polar surface area (TPSA) is 59.1 Å². The molecule has 0 heterocycles. The molecule has 0 bridgehead atoms. The average molecular weight is 217 g/mol. The molecule has 5 heteroatoms. The Bertz CT molecular complexity index is 357. The Hall–Kier alpha value is -1.29. The molecule has 3 nitrogen and oxygen atoms in total. The Morgan fingerprint density at radius 3 is 2.79 bits per heavy atom. The van der Waals surface area contributed by atoms with E-state index in [1.54, 1.807) is 6.92 Å². The highest BCUT2D eigenvalue weighted by Gasteiger charge is 2.08. The molecule has 1 aromatic carbocycles. The lowest BCUT2D eigenvalue weighted by molar-refractivity contribution is 0.284. The fourth-order valence-corrected chi connectivity index (χ4v) is 0.988. The van der Waals surface area contributed by atoms with Crippen molar-refractivity contribution < 1.29 is 9.13 Å². The lowest BCUT2D eigenvalue weighted by Crippen LogP contribution is -2.29. The van der Waals surface area contributed by atoms with E-state index >= 15 is 0 Å². The molecule has 0 aromatic heterocycles. The van der Waals surface area contributed by atoms with E-state index in [0.29, 0.717) is 5.75 Å². The van der Waals surface area contributed by atoms with Crippen LogP contribution in [0.25, 0.3) is 0 Å². The van der Waals surface area contributed by atoms with E-state index in [4.69, 9.17) is 27.5 Å². The first-order valence-corrected chi connectivity index (χ1v) is 4.34. The number of rotatable bonds is 3. The molecular weight excluding hydrogens is 207 g/mol. The molecule has 0 saturated heterocycles. The van der Waals surface area contributed by atoms with E-state index in [9.17, 15) is 4.39 Å². The van der Waals surface area contributed by atoms with Crippen LogP contribution in [-0.4, -0.2) is 11.9 Å². The minimum atomic E-state index is -0.545. The third kappa shape index (κ3) is 2.60. The van der Waals surface area contributed by atoms with E-state index in [-0.39, 0.29) is 10.9 Å². The van der Waals surface area contributed by atoms with Gasteiger partial charge in [0.1, 0.15) is 17.4 Å². The molecule has 1 atom stereocenters. The van der Waals surface area contributed by atoms with E-state index in [0.717, 1.165) is 0 Å². The SMILES string of the molecule is CC(Oc1ccc(F)c(Cl)c1)C(=N)N. The van der Waals surface area contributed by atoms with Gasteiger partial charge in [-0.05, 0) is 19.1 Å². The van der Waals surface area contributed by atoms with E-state index < -0.39 is 11.9 Å². The van der Waals surface area contributed by atoms with Crippen LogP contribution in [0.2, 0.25) is 5.02 Å². The van der Waals surface area contributed by atoms with Crippen molar-refractivity contribution in [2.24, 2.45) is 5.73 Å². The second-order valence-corrected chi connectivity index (χ2v) is 3.20. The molecule has 0 fully saturated rings. The summed E-state index contributed by atoms with van der Waals surface area (Å²) in [6.07, 6.45) is -0.545. The maximum absolute atomic E-state index is 12.7. The predicted octanol–water partition coefficient (Wildman–Crippen LogP) is 2.18. The first kappa shape index (κ1) is 10.8. The number of hydrogen-bond acceptors (Lipinski definition) is 2. The minimum absolute atomic E-state index is 0.0155. The van der Waals surface area contributed by atoms with Crippen LogP contribution in [0.1, 0.15) is 6.92 Å². The van der Waals surface area contributed by atoms with Crippen molar-refractivity contribution in [2.45, 2.75) is 13.0 Å². The van der Waals surface area contributed by atoms with E-state index in [1.165, 1.54) is 18.2 Å². The summed E-state index contributed by atoms with van der Waals surface area (Å²) in [5.41, 5.74) is 5.20. The van der Waals surface area contributed by atoms with Crippen molar-refractivity contribution in [3.05, 3.63) is 29.0 Å². The van der Waals surface area contributed by atoms with Gasteiger partial charge >= 0.3 is 0 Å². The standard InChI is InChI=1S/C9H10ClFN2O/c1-5(9(12)13)14-6-2-3-8(11)7(10)4-6/h2-5H,1H3,(H3,12,13). The van der Waals surface area contributed by atoms with Gasteiger partial charge < -0.3 is 10.5 Å². The highest BCUT2D eigenvalue weighted by atomic mass is 35.5. The first-order valence-electron chi connectivity index (χ1n) is 3.96. The Morgan fingerprint density at radius 2 is 2.29 bits per heavy atom. The van der Waals surface area contributed by atoms with Crippen LogP contribution < -0.4 is 10.5 Å². The van der Waals surface area contributed by atoms with Crippen molar-refractivity contribution in [3.8, 4) is 5.75 Å². The molecule has 1 unspecified atom stereocenters. The zero-order valence-corrected chi connectivity index (χ0v) is 8.31. The second-order valence-electron chi connectivity index (χ2n) is 2.79. The number of ether oxygens (including phenoxy) is 1. The first-order chi connectivity index (χ1) is 6.50. The number of nitrogens with two attached hydrogens (primary N) is 1. The van der Waals surface area contributed by atoms with Crippen molar-refractivity contribution in [1.82, 2.24) is 0 Å². The molecule has 3 N–H and O–H groups in total. The van der Waals surface area contributed by atoms with Crippen molar-refractivity contribution in [1.29, 1.82) is 5.41 Å². The smallest absolute Gasteiger partial charge is 0.152 e. The van der Waals surface area contributed by atoms with Crippen molar-refractivity contribution in [3.63, 3.8) is 0 Å². The summed E-state index contributed by atoms with van der Waals surface area (Å²) < 4.78 is 18.0. The largest absolute Gasteiger partial charge is 0.483 e. The van der Waals surface area contributed by atoms with Gasteiger partial charge in [0.05, 0.1) is 5.02 Å². The van der Waals surface area contributed by atoms with Gasteiger partial charge in [0.15, 0.2) is 6.10 Å². The average Bonchev–Trinajstić information content (AvgIpc) is 2.11. The predicted molar refractivity (Wildman–Crippen MR) is 53.4 cm³/mol. The van der Waals surface area contributed by atoms with Crippen LogP contribution in [0.15, 0.2) is 18.2 Å². The highest BCUT2D eigenvalue weighted by molar-refractivity contribution is 6.30. The van der Waals surface area contributed by atoms with Gasteiger partial charge in [-0.25, -0.2) is 4.39 Å². The van der Waals surface area contributed by atoms with Gasteiger partial charge in [-0.3, -0.25) is 5.41 Å². The van der Waals surface area contributed by atoms with Gasteiger partial charge in [-0.1, -0.05) is 11.6 Å². The molecule has 0 spiro atoms. The highest BCUT2D eigenvalue weighted by Crippen LogP contribution is 2.21. The summed E-state index contributed by atoms with van der Waals surface area (Å²) in [4.78, 5) is 0. The van der Waals surface area contributed by atoms with Gasteiger partial charge in [0, 0.05) is 6.07 Å². The minimum Gasteiger partial charge on any atom is -0.483 e. The third-order valence-corrected chi connectivity index (χ3v) is 1.93. The quantitative estimate of drug-likeness (QED) is 0.601. The fourth-order valence-electron chi connectivity index (χ4n) is 0.818. The van der Waals surface area contributed by atoms with Crippen molar-refractivity contribution >= 4 is 17.4 Å². The Balaban J connectivity index is 2.78. The lowest BCUT2D eigenvalue weighted by Gasteiger charge is -2.12. The normalized spacial score (nSPS) is 12.2. The molecule has 0 aliphatic heterocycles. The monoisotopic (exact) mass is 216 g/mol. The zero-order chi connectivity index (χ0) is 10.7. The molecule has 1 rings (SSSR count). The lowest BCUT2D eigenvalue weighted by atomic mass is 10.3. The van der Waals surface area contributed by atoms with Gasteiger partial charge in [0.25, 0.3) is 0 Å². The van der Waals surface area contributed by atoms with Gasteiger partial charge in [0.2, 0.25) is 0 Å². The summed E-state index contributed by atoms with van der Waals surface area (Å²) in [5, 5.41) is 7.08. The second kappa shape index (κ2) is 4.28.